The second-order valence-electron chi connectivity index (χ2n) is 4.91. The number of benzene rings is 2. The fraction of sp³-hybridized carbons (Fsp3) is 0.176. The molecule has 24 heavy (non-hydrogen) atoms. The first-order chi connectivity index (χ1) is 11.5. The average molecular weight is 409 g/mol. The third kappa shape index (κ3) is 5.01. The quantitative estimate of drug-likeness (QED) is 0.734. The SMILES string of the molecule is COc1ccc(Br)cc1CSCC(=O)Nc1ccccc1C(N)=O. The van der Waals surface area contributed by atoms with Crippen LogP contribution >= 0.6 is 27.7 Å². The molecule has 2 aromatic rings. The molecule has 0 aromatic heterocycles. The smallest absolute Gasteiger partial charge is 0.250 e. The van der Waals surface area contributed by atoms with Crippen LogP contribution in [0, 0.1) is 0 Å². The Balaban J connectivity index is 1.93. The van der Waals surface area contributed by atoms with Crippen LogP contribution in [-0.2, 0) is 10.5 Å². The Morgan fingerprint density at radius 1 is 1.25 bits per heavy atom. The van der Waals surface area contributed by atoms with Gasteiger partial charge < -0.3 is 15.8 Å². The number of thioether (sulfide) groups is 1. The molecule has 0 heterocycles. The highest BCUT2D eigenvalue weighted by Gasteiger charge is 2.11. The van der Waals surface area contributed by atoms with E-state index in [-0.39, 0.29) is 11.7 Å². The Labute approximate surface area is 153 Å². The van der Waals surface area contributed by atoms with Crippen molar-refractivity contribution in [2.45, 2.75) is 5.75 Å². The summed E-state index contributed by atoms with van der Waals surface area (Å²) in [5.41, 5.74) is 7.02. The number of hydrogen-bond acceptors (Lipinski definition) is 4. The van der Waals surface area contributed by atoms with Crippen LogP contribution in [0.1, 0.15) is 15.9 Å². The number of nitrogens with two attached hydrogens (primary N) is 1. The van der Waals surface area contributed by atoms with E-state index >= 15 is 0 Å². The zero-order chi connectivity index (χ0) is 17.5. The highest BCUT2D eigenvalue weighted by atomic mass is 79.9. The molecule has 126 valence electrons. The Hall–Kier alpha value is -1.99. The van der Waals surface area contributed by atoms with Gasteiger partial charge in [0.15, 0.2) is 0 Å². The minimum Gasteiger partial charge on any atom is -0.496 e. The maximum absolute atomic E-state index is 12.1. The number of rotatable bonds is 7. The predicted octanol–water partition coefficient (Wildman–Crippen LogP) is 3.43. The molecule has 0 aliphatic rings. The van der Waals surface area contributed by atoms with Gasteiger partial charge >= 0.3 is 0 Å². The van der Waals surface area contributed by atoms with Gasteiger partial charge in [0.05, 0.1) is 24.1 Å². The number of carbonyl (C=O) groups excluding carboxylic acids is 2. The summed E-state index contributed by atoms with van der Waals surface area (Å²) < 4.78 is 6.27. The van der Waals surface area contributed by atoms with E-state index in [4.69, 9.17) is 10.5 Å². The molecule has 0 fully saturated rings. The van der Waals surface area contributed by atoms with Crippen LogP contribution in [0.4, 0.5) is 5.69 Å². The molecule has 0 atom stereocenters. The zero-order valence-electron chi connectivity index (χ0n) is 13.0. The largest absolute Gasteiger partial charge is 0.496 e. The minimum atomic E-state index is -0.572. The van der Waals surface area contributed by atoms with Crippen LogP contribution in [0.3, 0.4) is 0 Å². The van der Waals surface area contributed by atoms with Gasteiger partial charge in [-0.15, -0.1) is 11.8 Å². The topological polar surface area (TPSA) is 81.4 Å². The Bertz CT molecular complexity index is 752. The maximum atomic E-state index is 12.1. The Morgan fingerprint density at radius 2 is 2.00 bits per heavy atom. The molecule has 5 nitrogen and oxygen atoms in total. The number of amides is 2. The summed E-state index contributed by atoms with van der Waals surface area (Å²) in [5.74, 6) is 0.904. The van der Waals surface area contributed by atoms with Crippen molar-refractivity contribution in [2.24, 2.45) is 5.73 Å². The monoisotopic (exact) mass is 408 g/mol. The Morgan fingerprint density at radius 3 is 2.71 bits per heavy atom. The summed E-state index contributed by atoms with van der Waals surface area (Å²) in [4.78, 5) is 23.4. The summed E-state index contributed by atoms with van der Waals surface area (Å²) in [6.07, 6.45) is 0. The van der Waals surface area contributed by atoms with E-state index in [2.05, 4.69) is 21.2 Å². The van der Waals surface area contributed by atoms with Gasteiger partial charge in [-0.1, -0.05) is 28.1 Å². The van der Waals surface area contributed by atoms with Crippen molar-refractivity contribution < 1.29 is 14.3 Å². The van der Waals surface area contributed by atoms with Crippen LogP contribution in [0.5, 0.6) is 5.75 Å². The van der Waals surface area contributed by atoms with Crippen LogP contribution in [0.15, 0.2) is 46.9 Å². The highest BCUT2D eigenvalue weighted by Crippen LogP contribution is 2.26. The molecule has 0 aliphatic carbocycles. The third-order valence-electron chi connectivity index (χ3n) is 3.20. The van der Waals surface area contributed by atoms with Crippen LogP contribution in [-0.4, -0.2) is 24.7 Å². The van der Waals surface area contributed by atoms with Crippen LogP contribution in [0.2, 0.25) is 0 Å². The maximum Gasteiger partial charge on any atom is 0.250 e. The van der Waals surface area contributed by atoms with E-state index in [0.717, 1.165) is 15.8 Å². The normalized spacial score (nSPS) is 10.2. The molecule has 7 heteroatoms. The molecule has 0 saturated heterocycles. The highest BCUT2D eigenvalue weighted by molar-refractivity contribution is 9.10. The summed E-state index contributed by atoms with van der Waals surface area (Å²) in [5, 5.41) is 2.72. The number of para-hydroxylation sites is 1. The molecule has 0 radical (unpaired) electrons. The van der Waals surface area contributed by atoms with Gasteiger partial charge in [0.25, 0.3) is 5.91 Å². The number of primary amides is 1. The fourth-order valence-corrected chi connectivity index (χ4v) is 3.32. The standard InChI is InChI=1S/C17H17BrN2O3S/c1-23-15-7-6-12(18)8-11(15)9-24-10-16(21)20-14-5-3-2-4-13(14)17(19)22/h2-8H,9-10H2,1H3,(H2,19,22)(H,20,21). The lowest BCUT2D eigenvalue weighted by Gasteiger charge is -2.10. The summed E-state index contributed by atoms with van der Waals surface area (Å²) >= 11 is 4.88. The summed E-state index contributed by atoms with van der Waals surface area (Å²) in [7, 11) is 1.62. The van der Waals surface area contributed by atoms with Gasteiger partial charge in [0, 0.05) is 15.8 Å². The van der Waals surface area contributed by atoms with E-state index in [1.165, 1.54) is 11.8 Å². The van der Waals surface area contributed by atoms with Gasteiger partial charge in [-0.3, -0.25) is 9.59 Å². The van der Waals surface area contributed by atoms with Gasteiger partial charge in [0.2, 0.25) is 5.91 Å². The molecule has 0 saturated carbocycles. The first-order valence-electron chi connectivity index (χ1n) is 7.10. The Kier molecular flexibility index (Phi) is 6.69. The second kappa shape index (κ2) is 8.75. The van der Waals surface area contributed by atoms with Gasteiger partial charge in [-0.2, -0.15) is 0 Å². The molecule has 2 amide bonds. The fourth-order valence-electron chi connectivity index (χ4n) is 2.11. The number of nitrogens with one attached hydrogen (secondary N) is 1. The van der Waals surface area contributed by atoms with Crippen molar-refractivity contribution in [3.05, 3.63) is 58.1 Å². The van der Waals surface area contributed by atoms with Crippen LogP contribution in [0.25, 0.3) is 0 Å². The van der Waals surface area contributed by atoms with Crippen molar-refractivity contribution in [1.82, 2.24) is 0 Å². The predicted molar refractivity (Wildman–Crippen MR) is 100 cm³/mol. The van der Waals surface area contributed by atoms with E-state index < -0.39 is 5.91 Å². The van der Waals surface area contributed by atoms with Crippen molar-refractivity contribution in [3.8, 4) is 5.75 Å². The molecule has 0 unspecified atom stereocenters. The molecule has 0 bridgehead atoms. The number of methoxy groups -OCH3 is 1. The van der Waals surface area contributed by atoms with E-state index in [1.54, 1.807) is 31.4 Å². The lowest BCUT2D eigenvalue weighted by molar-refractivity contribution is -0.113. The molecule has 2 rings (SSSR count). The summed E-state index contributed by atoms with van der Waals surface area (Å²) in [6, 6.07) is 12.4. The summed E-state index contributed by atoms with van der Waals surface area (Å²) in [6.45, 7) is 0. The number of anilines is 1. The van der Waals surface area contributed by atoms with Gasteiger partial charge in [-0.05, 0) is 30.3 Å². The van der Waals surface area contributed by atoms with Crippen LogP contribution < -0.4 is 15.8 Å². The number of ether oxygens (including phenoxy) is 1. The van der Waals surface area contributed by atoms with Crippen molar-refractivity contribution in [3.63, 3.8) is 0 Å². The first-order valence-corrected chi connectivity index (χ1v) is 9.05. The minimum absolute atomic E-state index is 0.192. The molecular weight excluding hydrogens is 392 g/mol. The third-order valence-corrected chi connectivity index (χ3v) is 4.67. The number of carbonyl (C=O) groups is 2. The zero-order valence-corrected chi connectivity index (χ0v) is 15.4. The molecule has 3 N–H and O–H groups in total. The average Bonchev–Trinajstić information content (AvgIpc) is 2.55. The van der Waals surface area contributed by atoms with E-state index in [1.807, 2.05) is 18.2 Å². The van der Waals surface area contributed by atoms with Gasteiger partial charge in [0.1, 0.15) is 5.75 Å². The lowest BCUT2D eigenvalue weighted by Crippen LogP contribution is -2.19. The molecule has 0 aliphatic heterocycles. The first kappa shape index (κ1) is 18.4. The van der Waals surface area contributed by atoms with Crippen molar-refractivity contribution in [2.75, 3.05) is 18.2 Å². The number of halogens is 1. The van der Waals surface area contributed by atoms with Crippen molar-refractivity contribution >= 4 is 45.2 Å². The number of hydrogen-bond donors (Lipinski definition) is 2. The van der Waals surface area contributed by atoms with E-state index in [0.29, 0.717) is 17.0 Å². The molecule has 0 spiro atoms. The molecular formula is C17H17BrN2O3S. The van der Waals surface area contributed by atoms with Crippen molar-refractivity contribution in [1.29, 1.82) is 0 Å². The van der Waals surface area contributed by atoms with Gasteiger partial charge in [-0.25, -0.2) is 0 Å². The second-order valence-corrected chi connectivity index (χ2v) is 6.81. The molecule has 2 aromatic carbocycles. The lowest BCUT2D eigenvalue weighted by atomic mass is 10.1. The van der Waals surface area contributed by atoms with E-state index in [9.17, 15) is 9.59 Å².